The Morgan fingerprint density at radius 2 is 2.11 bits per heavy atom. The Kier molecular flexibility index (Phi) is 3.57. The number of halogens is 1. The van der Waals surface area contributed by atoms with Gasteiger partial charge in [0.2, 0.25) is 0 Å². The first-order valence-electron chi connectivity index (χ1n) is 6.81. The highest BCUT2D eigenvalue weighted by Crippen LogP contribution is 2.38. The number of rotatable bonds is 2. The van der Waals surface area contributed by atoms with Gasteiger partial charge in [0.1, 0.15) is 0 Å². The molecule has 3 atom stereocenters. The Morgan fingerprint density at radius 1 is 1.22 bits per heavy atom. The first-order valence-corrected chi connectivity index (χ1v) is 7.60. The van der Waals surface area contributed by atoms with Crippen LogP contribution in [0.4, 0.5) is 5.69 Å². The molecule has 2 aliphatic rings. The van der Waals surface area contributed by atoms with Crippen LogP contribution in [0.15, 0.2) is 22.9 Å². The number of nitrogens with zero attached hydrogens (tertiary/aromatic N) is 2. The van der Waals surface area contributed by atoms with E-state index in [4.69, 9.17) is 0 Å². The molecule has 1 aromatic heterocycles. The maximum atomic E-state index is 10.1. The minimum atomic E-state index is -0.101. The molecule has 3 nitrogen and oxygen atoms in total. The minimum Gasteiger partial charge on any atom is -0.393 e. The molecule has 1 saturated heterocycles. The quantitative estimate of drug-likeness (QED) is 0.912. The third kappa shape index (κ3) is 2.28. The van der Waals surface area contributed by atoms with Gasteiger partial charge in [0, 0.05) is 29.2 Å². The number of hydrogen-bond donors (Lipinski definition) is 1. The topological polar surface area (TPSA) is 36.4 Å². The molecule has 2 heterocycles. The zero-order valence-electron chi connectivity index (χ0n) is 10.4. The number of aromatic nitrogens is 1. The first kappa shape index (κ1) is 12.4. The third-order valence-electron chi connectivity index (χ3n) is 4.35. The fraction of sp³-hybridized carbons (Fsp3) is 0.643. The standard InChI is InChI=1S/C14H19BrN2O/c15-10-7-11(9-16-8-10)17-6-2-4-13(17)12-3-1-5-14(12)18/h7-9,12-14,18H,1-6H2. The van der Waals surface area contributed by atoms with Gasteiger partial charge in [-0.3, -0.25) is 4.98 Å². The zero-order chi connectivity index (χ0) is 12.5. The summed E-state index contributed by atoms with van der Waals surface area (Å²) in [6.45, 7) is 1.09. The van der Waals surface area contributed by atoms with Crippen LogP contribution in [-0.2, 0) is 0 Å². The van der Waals surface area contributed by atoms with Gasteiger partial charge in [-0.05, 0) is 47.7 Å². The number of aliphatic hydroxyl groups excluding tert-OH is 1. The van der Waals surface area contributed by atoms with Crippen molar-refractivity contribution in [3.05, 3.63) is 22.9 Å². The lowest BCUT2D eigenvalue weighted by molar-refractivity contribution is 0.119. The van der Waals surface area contributed by atoms with Gasteiger partial charge in [-0.15, -0.1) is 0 Å². The van der Waals surface area contributed by atoms with E-state index in [1.807, 2.05) is 12.4 Å². The van der Waals surface area contributed by atoms with Crippen LogP contribution in [0.3, 0.4) is 0 Å². The molecule has 1 aromatic rings. The molecule has 0 spiro atoms. The van der Waals surface area contributed by atoms with Crippen molar-refractivity contribution in [2.24, 2.45) is 5.92 Å². The fourth-order valence-corrected chi connectivity index (χ4v) is 3.89. The molecule has 1 aliphatic heterocycles. The minimum absolute atomic E-state index is 0.101. The molecular formula is C14H19BrN2O. The van der Waals surface area contributed by atoms with Crippen molar-refractivity contribution >= 4 is 21.6 Å². The van der Waals surface area contributed by atoms with Gasteiger partial charge in [0.15, 0.2) is 0 Å². The van der Waals surface area contributed by atoms with Crippen LogP contribution in [0.2, 0.25) is 0 Å². The van der Waals surface area contributed by atoms with Gasteiger partial charge in [0.05, 0.1) is 18.0 Å². The maximum absolute atomic E-state index is 10.1. The van der Waals surface area contributed by atoms with Gasteiger partial charge < -0.3 is 10.0 Å². The normalized spacial score (nSPS) is 32.1. The molecule has 1 aliphatic carbocycles. The Bertz CT molecular complexity index is 426. The first-order chi connectivity index (χ1) is 8.75. The summed E-state index contributed by atoms with van der Waals surface area (Å²) in [7, 11) is 0. The summed E-state index contributed by atoms with van der Waals surface area (Å²) >= 11 is 3.49. The predicted molar refractivity (Wildman–Crippen MR) is 75.7 cm³/mol. The van der Waals surface area contributed by atoms with Crippen molar-refractivity contribution in [1.29, 1.82) is 0 Å². The number of aliphatic hydroxyl groups is 1. The Hall–Kier alpha value is -0.610. The van der Waals surface area contributed by atoms with Crippen LogP contribution < -0.4 is 4.90 Å². The SMILES string of the molecule is OC1CCCC1C1CCCN1c1cncc(Br)c1. The number of anilines is 1. The van der Waals surface area contributed by atoms with E-state index < -0.39 is 0 Å². The van der Waals surface area contributed by atoms with Crippen LogP contribution in [0.1, 0.15) is 32.1 Å². The highest BCUT2D eigenvalue weighted by molar-refractivity contribution is 9.10. The van der Waals surface area contributed by atoms with Crippen molar-refractivity contribution in [1.82, 2.24) is 4.98 Å². The van der Waals surface area contributed by atoms with Gasteiger partial charge in [0.25, 0.3) is 0 Å². The molecule has 18 heavy (non-hydrogen) atoms. The molecule has 2 fully saturated rings. The van der Waals surface area contributed by atoms with E-state index in [2.05, 4.69) is 31.9 Å². The Balaban J connectivity index is 1.82. The van der Waals surface area contributed by atoms with E-state index in [9.17, 15) is 5.11 Å². The van der Waals surface area contributed by atoms with Crippen LogP contribution in [0, 0.1) is 5.92 Å². The van der Waals surface area contributed by atoms with Crippen LogP contribution >= 0.6 is 15.9 Å². The van der Waals surface area contributed by atoms with E-state index in [0.29, 0.717) is 12.0 Å². The highest BCUT2D eigenvalue weighted by Gasteiger charge is 2.38. The summed E-state index contributed by atoms with van der Waals surface area (Å²) in [6.07, 6.45) is 9.40. The molecule has 0 radical (unpaired) electrons. The molecular weight excluding hydrogens is 292 g/mol. The molecule has 3 rings (SSSR count). The second-order valence-electron chi connectivity index (χ2n) is 5.43. The molecule has 4 heteroatoms. The summed E-state index contributed by atoms with van der Waals surface area (Å²) in [5.74, 6) is 0.450. The van der Waals surface area contributed by atoms with Crippen molar-refractivity contribution in [3.8, 4) is 0 Å². The van der Waals surface area contributed by atoms with Gasteiger partial charge in [-0.25, -0.2) is 0 Å². The van der Waals surface area contributed by atoms with E-state index in [1.54, 1.807) is 0 Å². The van der Waals surface area contributed by atoms with Gasteiger partial charge in [-0.1, -0.05) is 6.42 Å². The van der Waals surface area contributed by atoms with E-state index >= 15 is 0 Å². The predicted octanol–water partition coefficient (Wildman–Crippen LogP) is 2.97. The van der Waals surface area contributed by atoms with E-state index in [0.717, 1.165) is 17.4 Å². The molecule has 1 N–H and O–H groups in total. The van der Waals surface area contributed by atoms with Crippen molar-refractivity contribution in [2.75, 3.05) is 11.4 Å². The molecule has 0 amide bonds. The Morgan fingerprint density at radius 3 is 2.83 bits per heavy atom. The molecule has 0 aromatic carbocycles. The zero-order valence-corrected chi connectivity index (χ0v) is 12.0. The van der Waals surface area contributed by atoms with Crippen molar-refractivity contribution < 1.29 is 5.11 Å². The van der Waals surface area contributed by atoms with Gasteiger partial charge >= 0.3 is 0 Å². The summed E-state index contributed by atoms with van der Waals surface area (Å²) in [6, 6.07) is 2.63. The van der Waals surface area contributed by atoms with Gasteiger partial charge in [-0.2, -0.15) is 0 Å². The van der Waals surface area contributed by atoms with Crippen molar-refractivity contribution in [2.45, 2.75) is 44.2 Å². The molecule has 3 unspecified atom stereocenters. The molecule has 98 valence electrons. The third-order valence-corrected chi connectivity index (χ3v) is 4.78. The smallest absolute Gasteiger partial charge is 0.0588 e. The average Bonchev–Trinajstić information content (AvgIpc) is 2.96. The van der Waals surface area contributed by atoms with Crippen LogP contribution in [-0.4, -0.2) is 28.8 Å². The number of hydrogen-bond acceptors (Lipinski definition) is 3. The summed E-state index contributed by atoms with van der Waals surface area (Å²) in [5, 5.41) is 10.1. The average molecular weight is 311 g/mol. The number of pyridine rings is 1. The monoisotopic (exact) mass is 310 g/mol. The summed E-state index contributed by atoms with van der Waals surface area (Å²) in [5.41, 5.74) is 1.19. The molecule has 0 bridgehead atoms. The van der Waals surface area contributed by atoms with E-state index in [1.165, 1.54) is 31.4 Å². The maximum Gasteiger partial charge on any atom is 0.0588 e. The largest absolute Gasteiger partial charge is 0.393 e. The highest BCUT2D eigenvalue weighted by atomic mass is 79.9. The second kappa shape index (κ2) is 5.17. The van der Waals surface area contributed by atoms with Crippen LogP contribution in [0.5, 0.6) is 0 Å². The lowest BCUT2D eigenvalue weighted by Crippen LogP contribution is -2.39. The second-order valence-corrected chi connectivity index (χ2v) is 6.34. The summed E-state index contributed by atoms with van der Waals surface area (Å²) in [4.78, 5) is 6.70. The Labute approximate surface area is 116 Å². The van der Waals surface area contributed by atoms with E-state index in [-0.39, 0.29) is 6.10 Å². The lowest BCUT2D eigenvalue weighted by atomic mass is 9.94. The molecule has 1 saturated carbocycles. The lowest BCUT2D eigenvalue weighted by Gasteiger charge is -2.32. The van der Waals surface area contributed by atoms with Crippen LogP contribution in [0.25, 0.3) is 0 Å². The summed E-state index contributed by atoms with van der Waals surface area (Å²) < 4.78 is 1.03. The fourth-order valence-electron chi connectivity index (χ4n) is 3.53. The van der Waals surface area contributed by atoms with Crippen molar-refractivity contribution in [3.63, 3.8) is 0 Å².